The van der Waals surface area contributed by atoms with Crippen LogP contribution in [0.5, 0.6) is 0 Å². The Bertz CT molecular complexity index is 1270. The lowest BCUT2D eigenvalue weighted by Crippen LogP contribution is -2.21. The average Bonchev–Trinajstić information content (AvgIpc) is 3.14. The zero-order valence-corrected chi connectivity index (χ0v) is 16.9. The summed E-state index contributed by atoms with van der Waals surface area (Å²) >= 11 is 1.46. The van der Waals surface area contributed by atoms with Crippen molar-refractivity contribution in [2.75, 3.05) is 5.32 Å². The van der Waals surface area contributed by atoms with Crippen LogP contribution < -0.4 is 5.32 Å². The Morgan fingerprint density at radius 3 is 2.59 bits per heavy atom. The number of hydrogen-bond acceptors (Lipinski definition) is 6. The number of aromatic nitrogens is 1. The molecule has 0 radical (unpaired) electrons. The lowest BCUT2D eigenvalue weighted by molar-refractivity contribution is 0.101. The molecule has 1 aromatic heterocycles. The fourth-order valence-electron chi connectivity index (χ4n) is 3.80. The second-order valence-electron chi connectivity index (χ2n) is 7.09. The van der Waals surface area contributed by atoms with Gasteiger partial charge < -0.3 is 0 Å². The Hall–Kier alpha value is -2.84. The molecular formula is C21H16N2O4S2. The standard InChI is InChI=1S/C21H16N2O4S2/c24-19-13-5-1-4-8-17(13)29(26,27)18-11-12(9-10-14(18)19)20(25)23-21-22-15-6-2-3-7-16(15)28-21/h1,4-5,8-11H,2-3,6-7H2,(H,22,23,25). The van der Waals surface area contributed by atoms with Crippen molar-refractivity contribution in [3.63, 3.8) is 0 Å². The largest absolute Gasteiger partial charge is 0.298 e. The normalized spacial score (nSPS) is 16.5. The number of ketones is 1. The van der Waals surface area contributed by atoms with Crippen molar-refractivity contribution in [3.8, 4) is 0 Å². The van der Waals surface area contributed by atoms with Crippen LogP contribution in [0, 0.1) is 0 Å². The summed E-state index contributed by atoms with van der Waals surface area (Å²) in [4.78, 5) is 31.0. The molecule has 5 rings (SSSR count). The Morgan fingerprint density at radius 1 is 1.00 bits per heavy atom. The fourth-order valence-corrected chi connectivity index (χ4v) is 6.52. The van der Waals surface area contributed by atoms with E-state index in [9.17, 15) is 18.0 Å². The number of hydrogen-bond donors (Lipinski definition) is 1. The molecule has 29 heavy (non-hydrogen) atoms. The van der Waals surface area contributed by atoms with E-state index in [-0.39, 0.29) is 32.3 Å². The number of amides is 1. The Balaban J connectivity index is 1.50. The van der Waals surface area contributed by atoms with Crippen LogP contribution in [-0.2, 0) is 22.7 Å². The quantitative estimate of drug-likeness (QED) is 0.530. The molecule has 0 bridgehead atoms. The van der Waals surface area contributed by atoms with E-state index in [0.29, 0.717) is 5.13 Å². The third kappa shape index (κ3) is 2.90. The van der Waals surface area contributed by atoms with E-state index in [4.69, 9.17) is 0 Å². The maximum absolute atomic E-state index is 13.0. The minimum absolute atomic E-state index is 0.0253. The van der Waals surface area contributed by atoms with Gasteiger partial charge in [0.05, 0.1) is 15.5 Å². The van der Waals surface area contributed by atoms with Gasteiger partial charge in [0.1, 0.15) is 0 Å². The van der Waals surface area contributed by atoms with Gasteiger partial charge >= 0.3 is 0 Å². The van der Waals surface area contributed by atoms with Crippen molar-refractivity contribution >= 4 is 38.0 Å². The zero-order chi connectivity index (χ0) is 20.2. The summed E-state index contributed by atoms with van der Waals surface area (Å²) in [5.74, 6) is -0.801. The van der Waals surface area contributed by atoms with Gasteiger partial charge in [0.2, 0.25) is 9.84 Å². The van der Waals surface area contributed by atoms with Crippen molar-refractivity contribution in [3.05, 3.63) is 69.7 Å². The molecule has 0 fully saturated rings. The molecule has 1 aliphatic heterocycles. The van der Waals surface area contributed by atoms with Crippen LogP contribution in [0.1, 0.15) is 49.7 Å². The lowest BCUT2D eigenvalue weighted by atomic mass is 10.0. The monoisotopic (exact) mass is 424 g/mol. The smallest absolute Gasteiger partial charge is 0.257 e. The van der Waals surface area contributed by atoms with E-state index in [2.05, 4.69) is 10.3 Å². The first-order valence-electron chi connectivity index (χ1n) is 9.28. The van der Waals surface area contributed by atoms with Gasteiger partial charge in [-0.25, -0.2) is 13.4 Å². The maximum atomic E-state index is 13.0. The van der Waals surface area contributed by atoms with Gasteiger partial charge in [-0.2, -0.15) is 0 Å². The highest BCUT2D eigenvalue weighted by Crippen LogP contribution is 2.35. The van der Waals surface area contributed by atoms with Crippen molar-refractivity contribution in [1.29, 1.82) is 0 Å². The number of sulfone groups is 1. The third-order valence-corrected chi connectivity index (χ3v) is 8.19. The maximum Gasteiger partial charge on any atom is 0.257 e. The van der Waals surface area contributed by atoms with E-state index in [1.165, 1.54) is 46.5 Å². The summed E-state index contributed by atoms with van der Waals surface area (Å²) in [6.07, 6.45) is 4.12. The van der Waals surface area contributed by atoms with E-state index in [0.717, 1.165) is 31.4 Å². The minimum Gasteiger partial charge on any atom is -0.298 e. The Morgan fingerprint density at radius 2 is 1.76 bits per heavy atom. The van der Waals surface area contributed by atoms with E-state index in [1.807, 2.05) is 0 Å². The predicted molar refractivity (Wildman–Crippen MR) is 108 cm³/mol. The van der Waals surface area contributed by atoms with Crippen LogP contribution in [0.4, 0.5) is 5.13 Å². The van der Waals surface area contributed by atoms with Crippen LogP contribution in [-0.4, -0.2) is 25.1 Å². The number of nitrogens with zero attached hydrogens (tertiary/aromatic N) is 1. The zero-order valence-electron chi connectivity index (χ0n) is 15.3. The molecule has 2 aliphatic rings. The molecule has 2 heterocycles. The van der Waals surface area contributed by atoms with Crippen LogP contribution in [0.3, 0.4) is 0 Å². The van der Waals surface area contributed by atoms with Crippen LogP contribution >= 0.6 is 11.3 Å². The molecule has 8 heteroatoms. The lowest BCUT2D eigenvalue weighted by Gasteiger charge is -2.19. The Kier molecular flexibility index (Phi) is 4.15. The SMILES string of the molecule is O=C(Nc1nc2c(s1)CCCC2)c1ccc2c(c1)S(=O)(=O)c1ccccc1C2=O. The highest BCUT2D eigenvalue weighted by atomic mass is 32.2. The van der Waals surface area contributed by atoms with Crippen molar-refractivity contribution < 1.29 is 18.0 Å². The van der Waals surface area contributed by atoms with Gasteiger partial charge in [-0.1, -0.05) is 12.1 Å². The molecule has 1 amide bonds. The van der Waals surface area contributed by atoms with Gasteiger partial charge in [0.25, 0.3) is 5.91 Å². The van der Waals surface area contributed by atoms with E-state index >= 15 is 0 Å². The highest BCUT2D eigenvalue weighted by molar-refractivity contribution is 7.91. The third-order valence-electron chi connectivity index (χ3n) is 5.27. The summed E-state index contributed by atoms with van der Waals surface area (Å²) in [6.45, 7) is 0. The molecule has 0 spiro atoms. The molecule has 6 nitrogen and oxygen atoms in total. The highest BCUT2D eigenvalue weighted by Gasteiger charge is 2.35. The molecule has 1 N–H and O–H groups in total. The molecule has 0 atom stereocenters. The number of carbonyl (C=O) groups excluding carboxylic acids is 2. The first-order valence-corrected chi connectivity index (χ1v) is 11.6. The van der Waals surface area contributed by atoms with Gasteiger partial charge in [-0.15, -0.1) is 11.3 Å². The van der Waals surface area contributed by atoms with Crippen molar-refractivity contribution in [1.82, 2.24) is 4.98 Å². The Labute approximate surface area is 171 Å². The predicted octanol–water partition coefficient (Wildman–Crippen LogP) is 3.65. The molecule has 2 aromatic carbocycles. The molecule has 146 valence electrons. The van der Waals surface area contributed by atoms with Gasteiger partial charge in [0.15, 0.2) is 10.9 Å². The average molecular weight is 425 g/mol. The molecular weight excluding hydrogens is 408 g/mol. The first kappa shape index (κ1) is 18.2. The number of nitrogens with one attached hydrogen (secondary N) is 1. The van der Waals surface area contributed by atoms with Gasteiger partial charge in [-0.05, 0) is 56.0 Å². The number of aryl methyl sites for hydroxylation is 2. The summed E-state index contributed by atoms with van der Waals surface area (Å²) in [7, 11) is -3.88. The van der Waals surface area contributed by atoms with Crippen LogP contribution in [0.15, 0.2) is 52.3 Å². The van der Waals surface area contributed by atoms with Gasteiger partial charge in [0, 0.05) is 21.6 Å². The molecule has 0 saturated heterocycles. The number of carbonyl (C=O) groups is 2. The first-order chi connectivity index (χ1) is 13.9. The van der Waals surface area contributed by atoms with E-state index < -0.39 is 15.7 Å². The molecule has 3 aromatic rings. The topological polar surface area (TPSA) is 93.2 Å². The molecule has 0 unspecified atom stereocenters. The summed E-state index contributed by atoms with van der Waals surface area (Å²) < 4.78 is 26.0. The fraction of sp³-hybridized carbons (Fsp3) is 0.190. The van der Waals surface area contributed by atoms with Crippen molar-refractivity contribution in [2.24, 2.45) is 0 Å². The number of rotatable bonds is 2. The molecule has 0 saturated carbocycles. The number of benzene rings is 2. The van der Waals surface area contributed by atoms with E-state index in [1.54, 1.807) is 12.1 Å². The number of fused-ring (bicyclic) bond motifs is 3. The number of anilines is 1. The van der Waals surface area contributed by atoms with Crippen LogP contribution in [0.2, 0.25) is 0 Å². The van der Waals surface area contributed by atoms with Gasteiger partial charge in [-0.3, -0.25) is 14.9 Å². The molecule has 1 aliphatic carbocycles. The summed E-state index contributed by atoms with van der Waals surface area (Å²) in [6, 6.07) is 10.3. The van der Waals surface area contributed by atoms with Crippen molar-refractivity contribution in [2.45, 2.75) is 35.5 Å². The second kappa shape index (κ2) is 6.60. The minimum atomic E-state index is -3.88. The number of thiazole rings is 1. The summed E-state index contributed by atoms with van der Waals surface area (Å²) in [5.41, 5.74) is 1.45. The summed E-state index contributed by atoms with van der Waals surface area (Å²) in [5, 5.41) is 3.29. The second-order valence-corrected chi connectivity index (χ2v) is 10.1. The van der Waals surface area contributed by atoms with Crippen LogP contribution in [0.25, 0.3) is 0 Å².